The predicted molar refractivity (Wildman–Crippen MR) is 91.2 cm³/mol. The highest BCUT2D eigenvalue weighted by atomic mass is 35.5. The molecule has 2 rings (SSSR count). The van der Waals surface area contributed by atoms with Crippen LogP contribution in [0.25, 0.3) is 0 Å². The van der Waals surface area contributed by atoms with Crippen LogP contribution in [0.5, 0.6) is 0 Å². The van der Waals surface area contributed by atoms with E-state index in [0.717, 1.165) is 11.4 Å². The summed E-state index contributed by atoms with van der Waals surface area (Å²) in [5.41, 5.74) is 9.54. The second-order valence-electron chi connectivity index (χ2n) is 4.96. The standard InChI is InChI=1S/C16H17ClN2S/c1-10(2)11-4-3-5-12(8-11)19-13-6-7-14(16(18)20)15(17)9-13/h3-10,19H,1-2H3,(H2,18,20). The summed E-state index contributed by atoms with van der Waals surface area (Å²) in [6.07, 6.45) is 0. The van der Waals surface area contributed by atoms with Crippen LogP contribution in [0, 0.1) is 0 Å². The third-order valence-corrected chi connectivity index (χ3v) is 3.61. The lowest BCUT2D eigenvalue weighted by Gasteiger charge is -2.11. The molecule has 0 spiro atoms. The molecule has 0 aliphatic rings. The van der Waals surface area contributed by atoms with E-state index in [1.807, 2.05) is 30.3 Å². The van der Waals surface area contributed by atoms with Crippen molar-refractivity contribution in [1.29, 1.82) is 0 Å². The summed E-state index contributed by atoms with van der Waals surface area (Å²) in [6.45, 7) is 4.35. The second-order valence-corrected chi connectivity index (χ2v) is 5.81. The Hall–Kier alpha value is -1.58. The van der Waals surface area contributed by atoms with Gasteiger partial charge in [0, 0.05) is 16.9 Å². The molecule has 4 heteroatoms. The molecule has 0 amide bonds. The zero-order valence-electron chi connectivity index (χ0n) is 11.5. The van der Waals surface area contributed by atoms with Gasteiger partial charge in [-0.1, -0.05) is 49.8 Å². The van der Waals surface area contributed by atoms with Gasteiger partial charge in [-0.15, -0.1) is 0 Å². The average Bonchev–Trinajstić information content (AvgIpc) is 2.38. The Bertz CT molecular complexity index is 638. The molecule has 2 aromatic rings. The molecule has 0 heterocycles. The van der Waals surface area contributed by atoms with E-state index in [1.165, 1.54) is 5.56 Å². The minimum Gasteiger partial charge on any atom is -0.389 e. The summed E-state index contributed by atoms with van der Waals surface area (Å²) in [6, 6.07) is 13.9. The van der Waals surface area contributed by atoms with Gasteiger partial charge < -0.3 is 11.1 Å². The molecular formula is C16H17ClN2S. The maximum Gasteiger partial charge on any atom is 0.105 e. The summed E-state index contributed by atoms with van der Waals surface area (Å²) in [7, 11) is 0. The molecule has 0 saturated carbocycles. The van der Waals surface area contributed by atoms with E-state index in [9.17, 15) is 0 Å². The minimum absolute atomic E-state index is 0.309. The Morgan fingerprint density at radius 3 is 2.45 bits per heavy atom. The lowest BCUT2D eigenvalue weighted by Crippen LogP contribution is -2.09. The molecular weight excluding hydrogens is 288 g/mol. The number of thiocarbonyl (C=S) groups is 1. The zero-order chi connectivity index (χ0) is 14.7. The van der Waals surface area contributed by atoms with Crippen molar-refractivity contribution in [1.82, 2.24) is 0 Å². The maximum absolute atomic E-state index is 6.16. The fraction of sp³-hybridized carbons (Fsp3) is 0.188. The van der Waals surface area contributed by atoms with E-state index in [2.05, 4.69) is 31.3 Å². The van der Waals surface area contributed by atoms with Crippen molar-refractivity contribution in [3.05, 3.63) is 58.6 Å². The van der Waals surface area contributed by atoms with Crippen LogP contribution >= 0.6 is 23.8 Å². The van der Waals surface area contributed by atoms with Crippen LogP contribution in [0.1, 0.15) is 30.9 Å². The topological polar surface area (TPSA) is 38.0 Å². The van der Waals surface area contributed by atoms with Crippen molar-refractivity contribution in [2.24, 2.45) is 5.73 Å². The van der Waals surface area contributed by atoms with E-state index >= 15 is 0 Å². The molecule has 0 atom stereocenters. The van der Waals surface area contributed by atoms with Crippen LogP contribution in [0.15, 0.2) is 42.5 Å². The molecule has 2 aromatic carbocycles. The minimum atomic E-state index is 0.309. The van der Waals surface area contributed by atoms with Crippen LogP contribution in [0.2, 0.25) is 5.02 Å². The van der Waals surface area contributed by atoms with Crippen molar-refractivity contribution < 1.29 is 0 Å². The molecule has 0 saturated heterocycles. The molecule has 0 radical (unpaired) electrons. The summed E-state index contributed by atoms with van der Waals surface area (Å²) in [5.74, 6) is 0.498. The molecule has 0 aliphatic carbocycles. The van der Waals surface area contributed by atoms with Gasteiger partial charge in [-0.05, 0) is 41.8 Å². The van der Waals surface area contributed by atoms with E-state index in [1.54, 1.807) is 0 Å². The Morgan fingerprint density at radius 1 is 1.15 bits per heavy atom. The largest absolute Gasteiger partial charge is 0.389 e. The lowest BCUT2D eigenvalue weighted by atomic mass is 10.0. The Kier molecular flexibility index (Phi) is 4.63. The predicted octanol–water partition coefficient (Wildman–Crippen LogP) is 4.84. The molecule has 0 fully saturated rings. The quantitative estimate of drug-likeness (QED) is 0.794. The summed E-state index contributed by atoms with van der Waals surface area (Å²) < 4.78 is 0. The van der Waals surface area contributed by atoms with E-state index in [0.29, 0.717) is 21.5 Å². The normalized spacial score (nSPS) is 10.6. The number of anilines is 2. The molecule has 0 aromatic heterocycles. The van der Waals surface area contributed by atoms with Gasteiger partial charge in [0.2, 0.25) is 0 Å². The number of halogens is 1. The van der Waals surface area contributed by atoms with Gasteiger partial charge >= 0.3 is 0 Å². The second kappa shape index (κ2) is 6.25. The Morgan fingerprint density at radius 2 is 1.85 bits per heavy atom. The zero-order valence-corrected chi connectivity index (χ0v) is 13.1. The first-order chi connectivity index (χ1) is 9.47. The van der Waals surface area contributed by atoms with Crippen LogP contribution in [0.4, 0.5) is 11.4 Å². The van der Waals surface area contributed by atoms with E-state index < -0.39 is 0 Å². The van der Waals surface area contributed by atoms with Gasteiger partial charge in [-0.2, -0.15) is 0 Å². The number of benzene rings is 2. The van der Waals surface area contributed by atoms with Crippen LogP contribution < -0.4 is 11.1 Å². The first-order valence-electron chi connectivity index (χ1n) is 6.43. The Balaban J connectivity index is 2.24. The number of nitrogens with two attached hydrogens (primary N) is 1. The third kappa shape index (κ3) is 3.50. The van der Waals surface area contributed by atoms with Gasteiger partial charge in [-0.25, -0.2) is 0 Å². The SMILES string of the molecule is CC(C)c1cccc(Nc2ccc(C(N)=S)c(Cl)c2)c1. The van der Waals surface area contributed by atoms with Crippen molar-refractivity contribution in [2.45, 2.75) is 19.8 Å². The van der Waals surface area contributed by atoms with Crippen LogP contribution in [-0.4, -0.2) is 4.99 Å². The van der Waals surface area contributed by atoms with E-state index in [4.69, 9.17) is 29.6 Å². The average molecular weight is 305 g/mol. The third-order valence-electron chi connectivity index (χ3n) is 3.08. The number of hydrogen-bond acceptors (Lipinski definition) is 2. The number of rotatable bonds is 4. The van der Waals surface area contributed by atoms with Gasteiger partial charge in [-0.3, -0.25) is 0 Å². The first-order valence-corrected chi connectivity index (χ1v) is 7.22. The van der Waals surface area contributed by atoms with E-state index in [-0.39, 0.29) is 0 Å². The number of nitrogens with one attached hydrogen (secondary N) is 1. The molecule has 20 heavy (non-hydrogen) atoms. The van der Waals surface area contributed by atoms with Crippen molar-refractivity contribution >= 4 is 40.2 Å². The Labute approximate surface area is 130 Å². The number of hydrogen-bond donors (Lipinski definition) is 2. The van der Waals surface area contributed by atoms with Gasteiger partial charge in [0.1, 0.15) is 4.99 Å². The molecule has 0 bridgehead atoms. The smallest absolute Gasteiger partial charge is 0.105 e. The van der Waals surface area contributed by atoms with Crippen molar-refractivity contribution in [3.8, 4) is 0 Å². The highest BCUT2D eigenvalue weighted by Gasteiger charge is 2.05. The maximum atomic E-state index is 6.16. The summed E-state index contributed by atoms with van der Waals surface area (Å²) >= 11 is 11.1. The molecule has 0 aliphatic heterocycles. The molecule has 2 nitrogen and oxygen atoms in total. The fourth-order valence-electron chi connectivity index (χ4n) is 1.93. The van der Waals surface area contributed by atoms with Crippen molar-refractivity contribution in [3.63, 3.8) is 0 Å². The molecule has 3 N–H and O–H groups in total. The molecule has 0 unspecified atom stereocenters. The van der Waals surface area contributed by atoms with Crippen LogP contribution in [0.3, 0.4) is 0 Å². The van der Waals surface area contributed by atoms with Crippen molar-refractivity contribution in [2.75, 3.05) is 5.32 Å². The summed E-state index contributed by atoms with van der Waals surface area (Å²) in [5, 5.41) is 3.90. The summed E-state index contributed by atoms with van der Waals surface area (Å²) in [4.78, 5) is 0.309. The lowest BCUT2D eigenvalue weighted by molar-refractivity contribution is 0.867. The van der Waals surface area contributed by atoms with Gasteiger partial charge in [0.25, 0.3) is 0 Å². The monoisotopic (exact) mass is 304 g/mol. The van der Waals surface area contributed by atoms with Gasteiger partial charge in [0.05, 0.1) is 5.02 Å². The van der Waals surface area contributed by atoms with Crippen LogP contribution in [-0.2, 0) is 0 Å². The van der Waals surface area contributed by atoms with Gasteiger partial charge in [0.15, 0.2) is 0 Å². The molecule has 104 valence electrons. The fourth-order valence-corrected chi connectivity index (χ4v) is 2.45. The highest BCUT2D eigenvalue weighted by Crippen LogP contribution is 2.25. The first kappa shape index (κ1) is 14.8. The highest BCUT2D eigenvalue weighted by molar-refractivity contribution is 7.80.